The molecule has 2 aromatic heterocycles. The summed E-state index contributed by atoms with van der Waals surface area (Å²) in [6.45, 7) is 7.01. The second-order valence-electron chi connectivity index (χ2n) is 8.01. The zero-order valence-corrected chi connectivity index (χ0v) is 18.3. The summed E-state index contributed by atoms with van der Waals surface area (Å²) in [5, 5.41) is 0. The number of ether oxygens (including phenoxy) is 4. The van der Waals surface area contributed by atoms with Gasteiger partial charge in [-0.3, -0.25) is 0 Å². The van der Waals surface area contributed by atoms with Crippen LogP contribution in [0, 0.1) is 13.8 Å². The van der Waals surface area contributed by atoms with E-state index >= 15 is 0 Å². The van der Waals surface area contributed by atoms with Crippen molar-refractivity contribution in [3.63, 3.8) is 0 Å². The van der Waals surface area contributed by atoms with E-state index in [2.05, 4.69) is 13.8 Å². The first-order valence-electron chi connectivity index (χ1n) is 10.5. The third-order valence-corrected chi connectivity index (χ3v) is 8.59. The van der Waals surface area contributed by atoms with E-state index < -0.39 is 0 Å². The molecule has 0 aromatic carbocycles. The highest BCUT2D eigenvalue weighted by Gasteiger charge is 2.31. The van der Waals surface area contributed by atoms with Crippen molar-refractivity contribution >= 4 is 22.7 Å². The predicted molar refractivity (Wildman–Crippen MR) is 113 cm³/mol. The normalized spacial score (nSPS) is 24.5. The molecule has 0 bridgehead atoms. The quantitative estimate of drug-likeness (QED) is 0.580. The molecule has 1 saturated carbocycles. The fraction of sp³-hybridized carbons (Fsp3) is 0.636. The molecule has 3 aliphatic rings. The van der Waals surface area contributed by atoms with Gasteiger partial charge in [0.2, 0.25) is 0 Å². The summed E-state index contributed by atoms with van der Waals surface area (Å²) in [5.74, 6) is 5.31. The molecule has 0 N–H and O–H groups in total. The van der Waals surface area contributed by atoms with Crippen molar-refractivity contribution < 1.29 is 18.9 Å². The molecule has 2 aromatic rings. The summed E-state index contributed by atoms with van der Waals surface area (Å²) in [7, 11) is 0. The zero-order chi connectivity index (χ0) is 19.1. The van der Waals surface area contributed by atoms with Crippen LogP contribution in [0.15, 0.2) is 0 Å². The molecule has 28 heavy (non-hydrogen) atoms. The average molecular weight is 421 g/mol. The molecule has 2 aliphatic heterocycles. The Balaban J connectivity index is 1.31. The monoisotopic (exact) mass is 420 g/mol. The van der Waals surface area contributed by atoms with Crippen LogP contribution in [0.3, 0.4) is 0 Å². The molecule has 4 heterocycles. The Morgan fingerprint density at radius 1 is 0.571 bits per heavy atom. The predicted octanol–water partition coefficient (Wildman–Crippen LogP) is 6.19. The Hall–Kier alpha value is -1.40. The minimum Gasteiger partial charge on any atom is -0.485 e. The molecule has 0 amide bonds. The van der Waals surface area contributed by atoms with Gasteiger partial charge in [-0.15, -0.1) is 22.7 Å². The van der Waals surface area contributed by atoms with E-state index in [1.807, 2.05) is 22.7 Å². The van der Waals surface area contributed by atoms with E-state index in [0.717, 1.165) is 23.0 Å². The molecule has 0 spiro atoms. The van der Waals surface area contributed by atoms with Gasteiger partial charge in [0.25, 0.3) is 0 Å². The summed E-state index contributed by atoms with van der Waals surface area (Å²) in [5.41, 5.74) is 0. The number of hydrogen-bond acceptors (Lipinski definition) is 6. The molecule has 4 nitrogen and oxygen atoms in total. The van der Waals surface area contributed by atoms with Gasteiger partial charge >= 0.3 is 0 Å². The summed E-state index contributed by atoms with van der Waals surface area (Å²) in [6, 6.07) is 0. The van der Waals surface area contributed by atoms with Crippen molar-refractivity contribution in [2.24, 2.45) is 0 Å². The van der Waals surface area contributed by atoms with Crippen LogP contribution in [0.4, 0.5) is 0 Å². The average Bonchev–Trinajstić information content (AvgIpc) is 3.20. The Morgan fingerprint density at radius 2 is 0.929 bits per heavy atom. The first-order chi connectivity index (χ1) is 13.7. The Morgan fingerprint density at radius 3 is 1.32 bits per heavy atom. The highest BCUT2D eigenvalue weighted by atomic mass is 32.1. The van der Waals surface area contributed by atoms with Crippen LogP contribution in [0.2, 0.25) is 0 Å². The minimum atomic E-state index is 0.605. The molecular formula is C22H28O4S2. The summed E-state index contributed by atoms with van der Waals surface area (Å²) >= 11 is 3.77. The van der Waals surface area contributed by atoms with Gasteiger partial charge in [-0.1, -0.05) is 12.8 Å². The van der Waals surface area contributed by atoms with Gasteiger partial charge < -0.3 is 18.9 Å². The van der Waals surface area contributed by atoms with E-state index in [0.29, 0.717) is 38.3 Å². The second-order valence-corrected chi connectivity index (χ2v) is 10.5. The first kappa shape index (κ1) is 18.6. The summed E-state index contributed by atoms with van der Waals surface area (Å²) in [4.78, 5) is 5.38. The summed E-state index contributed by atoms with van der Waals surface area (Å²) in [6.07, 6.45) is 7.42. The lowest BCUT2D eigenvalue weighted by Gasteiger charge is -2.26. The lowest BCUT2D eigenvalue weighted by molar-refractivity contribution is 0.169. The van der Waals surface area contributed by atoms with Gasteiger partial charge in [-0.25, -0.2) is 0 Å². The van der Waals surface area contributed by atoms with Gasteiger partial charge in [0, 0.05) is 9.75 Å². The van der Waals surface area contributed by atoms with Gasteiger partial charge in [0.15, 0.2) is 23.0 Å². The fourth-order valence-electron chi connectivity index (χ4n) is 4.81. The number of thiophene rings is 2. The molecule has 0 radical (unpaired) electrons. The number of rotatable bonds is 2. The van der Waals surface area contributed by atoms with Crippen molar-refractivity contribution in [1.29, 1.82) is 0 Å². The number of fused-ring (bicyclic) bond motifs is 2. The topological polar surface area (TPSA) is 36.9 Å². The van der Waals surface area contributed by atoms with E-state index in [1.54, 1.807) is 0 Å². The van der Waals surface area contributed by atoms with E-state index in [-0.39, 0.29) is 0 Å². The van der Waals surface area contributed by atoms with Crippen LogP contribution in [-0.2, 0) is 0 Å². The van der Waals surface area contributed by atoms with E-state index in [1.165, 1.54) is 58.0 Å². The molecule has 1 fully saturated rings. The Kier molecular flexibility index (Phi) is 5.18. The smallest absolute Gasteiger partial charge is 0.175 e. The SMILES string of the molecule is Cc1sc(C2CCCC(c3sc(C)c4c3OCCO4)CCC2)c2c1OCCO2. The van der Waals surface area contributed by atoms with Crippen molar-refractivity contribution in [2.45, 2.75) is 64.2 Å². The molecule has 0 atom stereocenters. The maximum absolute atomic E-state index is 6.01. The third kappa shape index (κ3) is 3.28. The lowest BCUT2D eigenvalue weighted by atomic mass is 9.84. The largest absolute Gasteiger partial charge is 0.485 e. The van der Waals surface area contributed by atoms with Crippen molar-refractivity contribution in [3.8, 4) is 23.0 Å². The van der Waals surface area contributed by atoms with Crippen LogP contribution in [0.25, 0.3) is 0 Å². The Bertz CT molecular complexity index is 775. The van der Waals surface area contributed by atoms with Crippen LogP contribution in [0.5, 0.6) is 23.0 Å². The second kappa shape index (κ2) is 7.79. The molecule has 5 rings (SSSR count). The third-order valence-electron chi connectivity index (χ3n) is 6.13. The van der Waals surface area contributed by atoms with Crippen LogP contribution in [-0.4, -0.2) is 26.4 Å². The van der Waals surface area contributed by atoms with Crippen molar-refractivity contribution in [1.82, 2.24) is 0 Å². The summed E-state index contributed by atoms with van der Waals surface area (Å²) < 4.78 is 23.8. The molecule has 0 unspecified atom stereocenters. The molecule has 6 heteroatoms. The van der Waals surface area contributed by atoms with E-state index in [4.69, 9.17) is 18.9 Å². The van der Waals surface area contributed by atoms with E-state index in [9.17, 15) is 0 Å². The number of aryl methyl sites for hydroxylation is 2. The maximum Gasteiger partial charge on any atom is 0.175 e. The highest BCUT2D eigenvalue weighted by molar-refractivity contribution is 7.13. The van der Waals surface area contributed by atoms with Gasteiger partial charge in [0.1, 0.15) is 26.4 Å². The fourth-order valence-corrected chi connectivity index (χ4v) is 7.26. The van der Waals surface area contributed by atoms with Gasteiger partial charge in [0.05, 0.1) is 9.75 Å². The minimum absolute atomic E-state index is 0.605. The zero-order valence-electron chi connectivity index (χ0n) is 16.7. The van der Waals surface area contributed by atoms with Crippen LogP contribution < -0.4 is 18.9 Å². The lowest BCUT2D eigenvalue weighted by Crippen LogP contribution is -2.16. The van der Waals surface area contributed by atoms with Gasteiger partial charge in [-0.2, -0.15) is 0 Å². The van der Waals surface area contributed by atoms with Crippen LogP contribution >= 0.6 is 22.7 Å². The Labute approximate surface area is 174 Å². The van der Waals surface area contributed by atoms with Crippen molar-refractivity contribution in [3.05, 3.63) is 19.5 Å². The highest BCUT2D eigenvalue weighted by Crippen LogP contribution is 2.52. The van der Waals surface area contributed by atoms with Crippen LogP contribution in [0.1, 0.15) is 69.9 Å². The first-order valence-corrected chi connectivity index (χ1v) is 12.1. The molecule has 1 aliphatic carbocycles. The maximum atomic E-state index is 6.01. The standard InChI is InChI=1S/C22H28O4S2/c1-13-17-19(25-11-9-23-17)21(27-13)15-5-3-7-16(8-4-6-15)22-20-18(14(2)28-22)24-10-12-26-20/h15-16H,3-12H2,1-2H3. The molecular weight excluding hydrogens is 392 g/mol. The molecule has 152 valence electrons. The van der Waals surface area contributed by atoms with Gasteiger partial charge in [-0.05, 0) is 51.4 Å². The van der Waals surface area contributed by atoms with Crippen molar-refractivity contribution in [2.75, 3.05) is 26.4 Å². The number of hydrogen-bond donors (Lipinski definition) is 0. The molecule has 0 saturated heterocycles.